The van der Waals surface area contributed by atoms with E-state index in [9.17, 15) is 4.79 Å². The Morgan fingerprint density at radius 3 is 3.11 bits per heavy atom. The highest BCUT2D eigenvalue weighted by Gasteiger charge is 2.25. The lowest BCUT2D eigenvalue weighted by atomic mass is 10.1. The number of halogens is 1. The van der Waals surface area contributed by atoms with Crippen molar-refractivity contribution in [2.24, 2.45) is 5.92 Å². The molecular weight excluding hydrogens is 324 g/mol. The van der Waals surface area contributed by atoms with E-state index < -0.39 is 0 Å². The van der Waals surface area contributed by atoms with E-state index in [-0.39, 0.29) is 0 Å². The molecule has 1 N–H and O–H groups in total. The number of amides is 1. The Labute approximate surface area is 127 Å². The first-order valence-electron chi connectivity index (χ1n) is 6.85. The van der Waals surface area contributed by atoms with E-state index in [2.05, 4.69) is 33.4 Å². The highest BCUT2D eigenvalue weighted by atomic mass is 79.9. The van der Waals surface area contributed by atoms with E-state index in [1.54, 1.807) is 11.3 Å². The summed E-state index contributed by atoms with van der Waals surface area (Å²) in [6.45, 7) is 2.90. The molecule has 0 bridgehead atoms. The Bertz CT molecular complexity index is 421. The first-order chi connectivity index (χ1) is 9.19. The molecule has 0 spiro atoms. The summed E-state index contributed by atoms with van der Waals surface area (Å²) in [5.74, 6) is 0.969. The molecule has 1 aliphatic rings. The second-order valence-electron chi connectivity index (χ2n) is 5.11. The zero-order valence-corrected chi connectivity index (χ0v) is 13.7. The largest absolute Gasteiger partial charge is 0.342 e. The van der Waals surface area contributed by atoms with Crippen molar-refractivity contribution in [2.75, 3.05) is 26.7 Å². The molecule has 1 aromatic heterocycles. The first kappa shape index (κ1) is 15.0. The van der Waals surface area contributed by atoms with Crippen molar-refractivity contribution in [3.63, 3.8) is 0 Å². The lowest BCUT2D eigenvalue weighted by Gasteiger charge is -2.16. The maximum Gasteiger partial charge on any atom is 0.222 e. The number of nitrogens with zero attached hydrogens (tertiary/aromatic N) is 1. The zero-order valence-electron chi connectivity index (χ0n) is 11.3. The van der Waals surface area contributed by atoms with Crippen LogP contribution in [0.25, 0.3) is 0 Å². The molecular formula is C14H21BrN2OS. The van der Waals surface area contributed by atoms with Crippen molar-refractivity contribution in [3.05, 3.63) is 20.8 Å². The number of rotatable bonds is 6. The zero-order chi connectivity index (χ0) is 13.7. The van der Waals surface area contributed by atoms with Gasteiger partial charge in [0.25, 0.3) is 0 Å². The van der Waals surface area contributed by atoms with E-state index in [0.717, 1.165) is 38.9 Å². The third-order valence-corrected chi connectivity index (χ3v) is 5.26. The molecule has 1 saturated heterocycles. The number of likely N-dealkylation sites (tertiary alicyclic amines) is 1. The number of nitrogens with one attached hydrogen (secondary N) is 1. The van der Waals surface area contributed by atoms with Crippen molar-refractivity contribution in [3.8, 4) is 0 Å². The number of carbonyl (C=O) groups excluding carboxylic acids is 1. The molecule has 5 heteroatoms. The fraction of sp³-hybridized carbons (Fsp3) is 0.643. The molecule has 0 saturated carbocycles. The fourth-order valence-corrected chi connectivity index (χ4v) is 4.10. The summed E-state index contributed by atoms with van der Waals surface area (Å²) in [5.41, 5.74) is 0. The van der Waals surface area contributed by atoms with Gasteiger partial charge in [0.15, 0.2) is 0 Å². The Balaban J connectivity index is 1.67. The van der Waals surface area contributed by atoms with Gasteiger partial charge in [-0.05, 0) is 66.8 Å². The molecule has 2 rings (SSSR count). The number of carbonyl (C=O) groups is 1. The third kappa shape index (κ3) is 4.58. The quantitative estimate of drug-likeness (QED) is 0.860. The van der Waals surface area contributed by atoms with Crippen LogP contribution in [0.5, 0.6) is 0 Å². The molecule has 2 heterocycles. The van der Waals surface area contributed by atoms with Gasteiger partial charge in [-0.3, -0.25) is 4.79 Å². The van der Waals surface area contributed by atoms with E-state index in [0.29, 0.717) is 18.2 Å². The van der Waals surface area contributed by atoms with Gasteiger partial charge in [0.2, 0.25) is 5.91 Å². The van der Waals surface area contributed by atoms with Crippen LogP contribution in [0.4, 0.5) is 0 Å². The number of thiophene rings is 1. The molecule has 1 aliphatic heterocycles. The normalized spacial score (nSPS) is 19.1. The highest BCUT2D eigenvalue weighted by Crippen LogP contribution is 2.24. The van der Waals surface area contributed by atoms with E-state index in [4.69, 9.17) is 0 Å². The van der Waals surface area contributed by atoms with Gasteiger partial charge < -0.3 is 10.2 Å². The summed E-state index contributed by atoms with van der Waals surface area (Å²) in [6, 6.07) is 4.21. The Hall–Kier alpha value is -0.390. The van der Waals surface area contributed by atoms with Crippen molar-refractivity contribution < 1.29 is 4.79 Å². The Kier molecular flexibility index (Phi) is 5.85. The van der Waals surface area contributed by atoms with Crippen LogP contribution in [0, 0.1) is 5.92 Å². The van der Waals surface area contributed by atoms with Crippen molar-refractivity contribution in [2.45, 2.75) is 25.7 Å². The van der Waals surface area contributed by atoms with Gasteiger partial charge in [-0.1, -0.05) is 0 Å². The summed E-state index contributed by atoms with van der Waals surface area (Å²) < 4.78 is 1.17. The highest BCUT2D eigenvalue weighted by molar-refractivity contribution is 9.11. The predicted molar refractivity (Wildman–Crippen MR) is 83.6 cm³/mol. The molecule has 106 valence electrons. The molecule has 3 nitrogen and oxygen atoms in total. The summed E-state index contributed by atoms with van der Waals surface area (Å²) in [5, 5.41) is 3.20. The Morgan fingerprint density at radius 1 is 1.58 bits per heavy atom. The standard InChI is InChI=1S/C14H21BrN2OS/c1-16-9-11-7-8-17(10-11)14(18)4-2-3-12-5-6-13(15)19-12/h5-6,11,16H,2-4,7-10H2,1H3. The van der Waals surface area contributed by atoms with Crippen molar-refractivity contribution in [1.29, 1.82) is 0 Å². The van der Waals surface area contributed by atoms with Crippen LogP contribution in [0.1, 0.15) is 24.1 Å². The summed E-state index contributed by atoms with van der Waals surface area (Å²) in [6.07, 6.45) is 3.79. The maximum absolute atomic E-state index is 12.1. The molecule has 0 aliphatic carbocycles. The van der Waals surface area contributed by atoms with E-state index in [1.165, 1.54) is 8.66 Å². The van der Waals surface area contributed by atoms with Gasteiger partial charge in [0.05, 0.1) is 3.79 Å². The minimum Gasteiger partial charge on any atom is -0.342 e. The molecule has 0 aromatic carbocycles. The number of aryl methyl sites for hydroxylation is 1. The summed E-state index contributed by atoms with van der Waals surface area (Å²) >= 11 is 5.23. The lowest BCUT2D eigenvalue weighted by Crippen LogP contribution is -2.30. The summed E-state index contributed by atoms with van der Waals surface area (Å²) in [7, 11) is 1.98. The first-order valence-corrected chi connectivity index (χ1v) is 8.46. The molecule has 1 atom stereocenters. The molecule has 1 aromatic rings. The molecule has 1 amide bonds. The van der Waals surface area contributed by atoms with Crippen LogP contribution in [-0.2, 0) is 11.2 Å². The number of hydrogen-bond acceptors (Lipinski definition) is 3. The Morgan fingerprint density at radius 2 is 2.42 bits per heavy atom. The van der Waals surface area contributed by atoms with Crippen molar-refractivity contribution in [1.82, 2.24) is 10.2 Å². The van der Waals surface area contributed by atoms with Crippen LogP contribution in [0.3, 0.4) is 0 Å². The molecule has 1 fully saturated rings. The SMILES string of the molecule is CNCC1CCN(C(=O)CCCc2ccc(Br)s2)C1. The second-order valence-corrected chi connectivity index (χ2v) is 7.66. The van der Waals surface area contributed by atoms with E-state index in [1.807, 2.05) is 11.9 Å². The monoisotopic (exact) mass is 344 g/mol. The molecule has 1 unspecified atom stereocenters. The number of hydrogen-bond donors (Lipinski definition) is 1. The van der Waals surface area contributed by atoms with Gasteiger partial charge in [-0.25, -0.2) is 0 Å². The van der Waals surface area contributed by atoms with Gasteiger partial charge in [0.1, 0.15) is 0 Å². The third-order valence-electron chi connectivity index (χ3n) is 3.57. The lowest BCUT2D eigenvalue weighted by molar-refractivity contribution is -0.130. The van der Waals surface area contributed by atoms with Gasteiger partial charge in [0, 0.05) is 24.4 Å². The average Bonchev–Trinajstić information content (AvgIpc) is 2.99. The van der Waals surface area contributed by atoms with Crippen LogP contribution >= 0.6 is 27.3 Å². The second kappa shape index (κ2) is 7.41. The van der Waals surface area contributed by atoms with Gasteiger partial charge in [-0.15, -0.1) is 11.3 Å². The minimum atomic E-state index is 0.328. The molecule has 19 heavy (non-hydrogen) atoms. The van der Waals surface area contributed by atoms with Crippen molar-refractivity contribution >= 4 is 33.2 Å². The van der Waals surface area contributed by atoms with Crippen LogP contribution in [-0.4, -0.2) is 37.5 Å². The summed E-state index contributed by atoms with van der Waals surface area (Å²) in [4.78, 5) is 15.5. The maximum atomic E-state index is 12.1. The van der Waals surface area contributed by atoms with Crippen LogP contribution in [0.15, 0.2) is 15.9 Å². The predicted octanol–water partition coefficient (Wildman–Crippen LogP) is 2.90. The molecule has 0 radical (unpaired) electrons. The fourth-order valence-electron chi connectivity index (χ4n) is 2.57. The topological polar surface area (TPSA) is 32.3 Å². The van der Waals surface area contributed by atoms with E-state index >= 15 is 0 Å². The average molecular weight is 345 g/mol. The minimum absolute atomic E-state index is 0.328. The van der Waals surface area contributed by atoms with Gasteiger partial charge >= 0.3 is 0 Å². The smallest absolute Gasteiger partial charge is 0.222 e. The van der Waals surface area contributed by atoms with Gasteiger partial charge in [-0.2, -0.15) is 0 Å². The van der Waals surface area contributed by atoms with Crippen LogP contribution < -0.4 is 5.32 Å². The van der Waals surface area contributed by atoms with Crippen LogP contribution in [0.2, 0.25) is 0 Å².